The van der Waals surface area contributed by atoms with Gasteiger partial charge in [-0.25, -0.2) is 4.98 Å². The topological polar surface area (TPSA) is 102 Å². The van der Waals surface area contributed by atoms with Crippen LogP contribution >= 0.6 is 11.3 Å². The van der Waals surface area contributed by atoms with E-state index in [1.54, 1.807) is 23.5 Å². The lowest BCUT2D eigenvalue weighted by Crippen LogP contribution is -2.12. The third kappa shape index (κ3) is 7.38. The van der Waals surface area contributed by atoms with Gasteiger partial charge in [-0.2, -0.15) is 0 Å². The largest absolute Gasteiger partial charge is 0.494 e. The van der Waals surface area contributed by atoms with Gasteiger partial charge in [0.15, 0.2) is 11.0 Å². The Hall–Kier alpha value is -3.26. The summed E-state index contributed by atoms with van der Waals surface area (Å²) in [5, 5.41) is 16.1. The van der Waals surface area contributed by atoms with E-state index in [-0.39, 0.29) is 5.84 Å². The van der Waals surface area contributed by atoms with Crippen LogP contribution in [0.2, 0.25) is 0 Å². The fraction of sp³-hybridized carbons (Fsp3) is 0.385. The highest BCUT2D eigenvalue weighted by atomic mass is 32.1. The molecule has 0 aliphatic heterocycles. The molecule has 0 spiro atoms. The van der Waals surface area contributed by atoms with E-state index in [2.05, 4.69) is 36.5 Å². The maximum Gasteiger partial charge on any atom is 0.183 e. The Morgan fingerprint density at radius 3 is 2.15 bits per heavy atom. The van der Waals surface area contributed by atoms with Gasteiger partial charge in [-0.05, 0) is 80.6 Å². The summed E-state index contributed by atoms with van der Waals surface area (Å²) in [6.07, 6.45) is 4.99. The molecule has 0 amide bonds. The van der Waals surface area contributed by atoms with Crippen LogP contribution in [0.1, 0.15) is 50.0 Å². The van der Waals surface area contributed by atoms with E-state index >= 15 is 0 Å². The zero-order valence-corrected chi connectivity index (χ0v) is 20.7. The quantitative estimate of drug-likeness (QED) is 0.0867. The van der Waals surface area contributed by atoms with E-state index in [1.807, 2.05) is 24.3 Å². The zero-order chi connectivity index (χ0) is 24.2. The summed E-state index contributed by atoms with van der Waals surface area (Å²) in [5.41, 5.74) is 8.41. The van der Waals surface area contributed by atoms with Gasteiger partial charge in [-0.15, -0.1) is 11.3 Å². The number of aromatic nitrogens is 1. The molecule has 0 radical (unpaired) electrons. The molecule has 1 aromatic heterocycles. The summed E-state index contributed by atoms with van der Waals surface area (Å²) in [5.74, 6) is 1.73. The number of benzene rings is 2. The fourth-order valence-corrected chi connectivity index (χ4v) is 4.32. The minimum atomic E-state index is 0.0869. The Morgan fingerprint density at radius 2 is 1.59 bits per heavy atom. The lowest BCUT2D eigenvalue weighted by Gasteiger charge is -2.09. The number of hydrogen-bond donors (Lipinski definition) is 3. The summed E-state index contributed by atoms with van der Waals surface area (Å²) < 4.78 is 11.7. The zero-order valence-electron chi connectivity index (χ0n) is 19.9. The first-order valence-electron chi connectivity index (χ1n) is 11.8. The van der Waals surface area contributed by atoms with Crippen molar-refractivity contribution in [3.05, 3.63) is 59.0 Å². The van der Waals surface area contributed by atoms with Crippen molar-refractivity contribution >= 4 is 22.3 Å². The lowest BCUT2D eigenvalue weighted by atomic mass is 10.1. The highest BCUT2D eigenvalue weighted by Gasteiger charge is 2.11. The second kappa shape index (κ2) is 13.4. The van der Waals surface area contributed by atoms with Crippen LogP contribution in [0.4, 0.5) is 5.13 Å². The number of nitrogens with one attached hydrogen (secondary N) is 1. The maximum atomic E-state index is 8.70. The van der Waals surface area contributed by atoms with E-state index in [4.69, 9.17) is 25.4 Å². The van der Waals surface area contributed by atoms with Crippen LogP contribution in [0.25, 0.3) is 11.3 Å². The van der Waals surface area contributed by atoms with Crippen molar-refractivity contribution in [3.8, 4) is 22.8 Å². The van der Waals surface area contributed by atoms with Crippen LogP contribution < -0.4 is 20.5 Å². The van der Waals surface area contributed by atoms with E-state index < -0.39 is 0 Å². The monoisotopic (exact) mass is 482 g/mol. The minimum Gasteiger partial charge on any atom is -0.494 e. The molecule has 0 aliphatic rings. The van der Waals surface area contributed by atoms with E-state index in [0.29, 0.717) is 18.8 Å². The summed E-state index contributed by atoms with van der Waals surface area (Å²) in [6, 6.07) is 15.4. The smallest absolute Gasteiger partial charge is 0.183 e. The van der Waals surface area contributed by atoms with Gasteiger partial charge < -0.3 is 25.7 Å². The summed E-state index contributed by atoms with van der Waals surface area (Å²) in [6.45, 7) is 6.58. The number of unbranched alkanes of at least 4 members (excludes halogenated alkanes) is 2. The van der Waals surface area contributed by atoms with Gasteiger partial charge in [-0.1, -0.05) is 19.0 Å². The lowest BCUT2D eigenvalue weighted by molar-refractivity contribution is 0.279. The first-order valence-corrected chi connectivity index (χ1v) is 12.6. The molecule has 0 atom stereocenters. The molecular weight excluding hydrogens is 448 g/mol. The molecule has 34 heavy (non-hydrogen) atoms. The van der Waals surface area contributed by atoms with Crippen molar-refractivity contribution in [2.75, 3.05) is 25.1 Å². The number of nitrogens with zero attached hydrogens (tertiary/aromatic N) is 2. The van der Waals surface area contributed by atoms with Gasteiger partial charge >= 0.3 is 0 Å². The number of oxime groups is 1. The highest BCUT2D eigenvalue weighted by Crippen LogP contribution is 2.32. The number of ether oxygens (including phenoxy) is 2. The first-order chi connectivity index (χ1) is 16.6. The number of thiazole rings is 1. The van der Waals surface area contributed by atoms with Crippen LogP contribution in [0, 0.1) is 0 Å². The number of anilines is 1. The average molecular weight is 483 g/mol. The summed E-state index contributed by atoms with van der Waals surface area (Å²) in [7, 11) is 0. The Morgan fingerprint density at radius 1 is 0.971 bits per heavy atom. The molecule has 0 unspecified atom stereocenters. The van der Waals surface area contributed by atoms with Crippen molar-refractivity contribution in [1.29, 1.82) is 0 Å². The van der Waals surface area contributed by atoms with Gasteiger partial charge in [-0.3, -0.25) is 0 Å². The standard InChI is InChI=1S/C26H34N4O3S/c1-3-16-28-26-29-24(23(4-2)34-26)19-8-12-21(13-9-19)32-17-6-5-7-18-33-22-14-10-20(11-15-22)25(27)30-31/h8-15,31H,3-7,16-18H2,1-2H3,(H2,27,30)(H,28,29). The Balaban J connectivity index is 1.36. The molecule has 0 aliphatic carbocycles. The number of nitrogens with two attached hydrogens (primary N) is 1. The second-order valence-corrected chi connectivity index (χ2v) is 8.95. The van der Waals surface area contributed by atoms with E-state index in [9.17, 15) is 0 Å². The van der Waals surface area contributed by atoms with Gasteiger partial charge in [0.25, 0.3) is 0 Å². The Labute approximate surface area is 205 Å². The van der Waals surface area contributed by atoms with Gasteiger partial charge in [0.05, 0.1) is 18.9 Å². The molecule has 182 valence electrons. The first kappa shape index (κ1) is 25.4. The van der Waals surface area contributed by atoms with Crippen LogP contribution in [0.5, 0.6) is 11.5 Å². The van der Waals surface area contributed by atoms with Crippen LogP contribution in [0.15, 0.2) is 53.7 Å². The molecule has 1 heterocycles. The van der Waals surface area contributed by atoms with E-state index in [0.717, 1.165) is 66.5 Å². The third-order valence-electron chi connectivity index (χ3n) is 5.26. The normalized spacial score (nSPS) is 11.4. The SMILES string of the molecule is CCCNc1nc(-c2ccc(OCCCCCOc3ccc(C(N)=NO)cc3)cc2)c(CC)s1. The Kier molecular flexibility index (Phi) is 10.0. The predicted octanol–water partition coefficient (Wildman–Crippen LogP) is 5.92. The Bertz CT molecular complexity index is 1030. The van der Waals surface area contributed by atoms with Crippen LogP contribution in [-0.4, -0.2) is 35.8 Å². The molecule has 0 fully saturated rings. The summed E-state index contributed by atoms with van der Waals surface area (Å²) in [4.78, 5) is 6.09. The van der Waals surface area contributed by atoms with Crippen LogP contribution in [0.3, 0.4) is 0 Å². The number of rotatable bonds is 14. The van der Waals surface area contributed by atoms with Crippen molar-refractivity contribution in [2.24, 2.45) is 10.9 Å². The molecule has 7 nitrogen and oxygen atoms in total. The van der Waals surface area contributed by atoms with Crippen molar-refractivity contribution in [2.45, 2.75) is 46.0 Å². The summed E-state index contributed by atoms with van der Waals surface area (Å²) >= 11 is 1.74. The molecule has 3 aromatic rings. The van der Waals surface area contributed by atoms with Gasteiger partial charge in [0, 0.05) is 22.5 Å². The molecule has 3 rings (SSSR count). The average Bonchev–Trinajstić information content (AvgIpc) is 3.30. The predicted molar refractivity (Wildman–Crippen MR) is 140 cm³/mol. The molecule has 0 bridgehead atoms. The highest BCUT2D eigenvalue weighted by molar-refractivity contribution is 7.16. The molecular formula is C26H34N4O3S. The maximum absolute atomic E-state index is 8.70. The molecule has 0 saturated carbocycles. The number of hydrogen-bond acceptors (Lipinski definition) is 7. The second-order valence-electron chi connectivity index (χ2n) is 7.86. The minimum absolute atomic E-state index is 0.0869. The van der Waals surface area contributed by atoms with Gasteiger partial charge in [0.1, 0.15) is 11.5 Å². The van der Waals surface area contributed by atoms with Crippen molar-refractivity contribution < 1.29 is 14.7 Å². The van der Waals surface area contributed by atoms with E-state index in [1.165, 1.54) is 4.88 Å². The van der Waals surface area contributed by atoms with Crippen molar-refractivity contribution in [1.82, 2.24) is 4.98 Å². The molecule has 0 saturated heterocycles. The fourth-order valence-electron chi connectivity index (χ4n) is 3.37. The third-order valence-corrected chi connectivity index (χ3v) is 6.41. The van der Waals surface area contributed by atoms with Crippen molar-refractivity contribution in [3.63, 3.8) is 0 Å². The van der Waals surface area contributed by atoms with Gasteiger partial charge in [0.2, 0.25) is 0 Å². The molecule has 8 heteroatoms. The number of aryl methyl sites for hydroxylation is 1. The number of amidine groups is 1. The van der Waals surface area contributed by atoms with Crippen LogP contribution in [-0.2, 0) is 6.42 Å². The molecule has 4 N–H and O–H groups in total. The molecule has 2 aromatic carbocycles.